The molecule has 11 heteroatoms. The zero-order valence-electron chi connectivity index (χ0n) is 14.8. The third kappa shape index (κ3) is 6.92. The first-order valence-electron chi connectivity index (χ1n) is 8.01. The fourth-order valence-electron chi connectivity index (χ4n) is 1.91. The van der Waals surface area contributed by atoms with Crippen LogP contribution in [0, 0.1) is 6.92 Å². The van der Waals surface area contributed by atoms with Crippen LogP contribution in [0.1, 0.15) is 18.9 Å². The number of hydrogen-bond acceptors (Lipinski definition) is 9. The molecule has 1 amide bonds. The quantitative estimate of drug-likeness (QED) is 0.367. The zero-order chi connectivity index (χ0) is 19.9. The Labute approximate surface area is 165 Å². The van der Waals surface area contributed by atoms with Gasteiger partial charge in [-0.05, 0) is 26.0 Å². The topological polar surface area (TPSA) is 115 Å². The number of sulfone groups is 1. The van der Waals surface area contributed by atoms with E-state index in [1.807, 2.05) is 6.92 Å². The Morgan fingerprint density at radius 1 is 1.22 bits per heavy atom. The molecule has 27 heavy (non-hydrogen) atoms. The number of thioether (sulfide) groups is 1. The van der Waals surface area contributed by atoms with Gasteiger partial charge in [0.15, 0.2) is 14.2 Å². The van der Waals surface area contributed by atoms with Gasteiger partial charge in [0.1, 0.15) is 0 Å². The zero-order valence-corrected chi connectivity index (χ0v) is 17.2. The van der Waals surface area contributed by atoms with E-state index in [0.717, 1.165) is 28.7 Å². The van der Waals surface area contributed by atoms with E-state index >= 15 is 0 Å². The average Bonchev–Trinajstić information content (AvgIpc) is 3.06. The molecule has 146 valence electrons. The second-order valence-corrected chi connectivity index (χ2v) is 9.71. The van der Waals surface area contributed by atoms with Crippen molar-refractivity contribution < 1.29 is 22.7 Å². The Morgan fingerprint density at radius 3 is 2.59 bits per heavy atom. The van der Waals surface area contributed by atoms with Crippen LogP contribution in [0.4, 0.5) is 5.13 Å². The minimum absolute atomic E-state index is 0.102. The Bertz CT molecular complexity index is 894. The van der Waals surface area contributed by atoms with Gasteiger partial charge in [0.2, 0.25) is 11.0 Å². The molecule has 0 bridgehead atoms. The van der Waals surface area contributed by atoms with Crippen molar-refractivity contribution >= 4 is 49.9 Å². The predicted octanol–water partition coefficient (Wildman–Crippen LogP) is 2.30. The summed E-state index contributed by atoms with van der Waals surface area (Å²) in [7, 11) is -3.53. The summed E-state index contributed by atoms with van der Waals surface area (Å²) in [4.78, 5) is 23.5. The summed E-state index contributed by atoms with van der Waals surface area (Å²) in [5, 5.41) is 10.4. The molecule has 0 fully saturated rings. The van der Waals surface area contributed by atoms with Crippen molar-refractivity contribution in [3.8, 4) is 0 Å². The van der Waals surface area contributed by atoms with Gasteiger partial charge in [0, 0.05) is 6.42 Å². The molecular formula is C16H19N3O5S3. The van der Waals surface area contributed by atoms with Gasteiger partial charge in [-0.25, -0.2) is 8.42 Å². The third-order valence-electron chi connectivity index (χ3n) is 3.25. The Kier molecular flexibility index (Phi) is 7.75. The standard InChI is InChI=1S/C16H19N3O5S3/c1-3-24-14(21)10-25-16-19-18-15(26-16)17-13(20)8-9-27(22,23)12-6-4-11(2)5-7-12/h4-7H,3,8-10H2,1-2H3,(H,17,18,20). The monoisotopic (exact) mass is 429 g/mol. The minimum Gasteiger partial charge on any atom is -0.465 e. The highest BCUT2D eigenvalue weighted by Crippen LogP contribution is 2.25. The molecule has 0 radical (unpaired) electrons. The van der Waals surface area contributed by atoms with E-state index < -0.39 is 15.7 Å². The second kappa shape index (κ2) is 9.81. The van der Waals surface area contributed by atoms with Gasteiger partial charge in [-0.15, -0.1) is 10.2 Å². The third-order valence-corrected chi connectivity index (χ3v) is 6.93. The molecule has 0 unspecified atom stereocenters. The van der Waals surface area contributed by atoms with Gasteiger partial charge in [-0.1, -0.05) is 40.8 Å². The molecular weight excluding hydrogens is 410 g/mol. The first kappa shape index (κ1) is 21.3. The summed E-state index contributed by atoms with van der Waals surface area (Å²) in [5.41, 5.74) is 0.958. The van der Waals surface area contributed by atoms with E-state index in [2.05, 4.69) is 15.5 Å². The lowest BCUT2D eigenvalue weighted by Gasteiger charge is -2.05. The molecule has 0 aliphatic rings. The van der Waals surface area contributed by atoms with Crippen molar-refractivity contribution in [1.82, 2.24) is 10.2 Å². The summed E-state index contributed by atoms with van der Waals surface area (Å²) in [6, 6.07) is 6.48. The van der Waals surface area contributed by atoms with Crippen LogP contribution in [-0.4, -0.2) is 48.6 Å². The number of aryl methyl sites for hydroxylation is 1. The van der Waals surface area contributed by atoms with Crippen LogP contribution < -0.4 is 5.32 Å². The first-order chi connectivity index (χ1) is 12.8. The number of benzene rings is 1. The van der Waals surface area contributed by atoms with Crippen LogP contribution in [0.5, 0.6) is 0 Å². The van der Waals surface area contributed by atoms with E-state index in [4.69, 9.17) is 4.74 Å². The van der Waals surface area contributed by atoms with Crippen LogP contribution in [0.3, 0.4) is 0 Å². The lowest BCUT2D eigenvalue weighted by Crippen LogP contribution is -2.17. The van der Waals surface area contributed by atoms with Crippen molar-refractivity contribution in [2.75, 3.05) is 23.4 Å². The molecule has 2 rings (SSSR count). The van der Waals surface area contributed by atoms with Crippen molar-refractivity contribution in [2.24, 2.45) is 0 Å². The fourth-order valence-corrected chi connectivity index (χ4v) is 4.72. The van der Waals surface area contributed by atoms with Crippen LogP contribution in [0.2, 0.25) is 0 Å². The van der Waals surface area contributed by atoms with Crippen LogP contribution in [-0.2, 0) is 24.2 Å². The molecule has 1 aromatic heterocycles. The summed E-state index contributed by atoms with van der Waals surface area (Å²) < 4.78 is 29.8. The largest absolute Gasteiger partial charge is 0.465 e. The van der Waals surface area contributed by atoms with Crippen molar-refractivity contribution in [3.63, 3.8) is 0 Å². The maximum Gasteiger partial charge on any atom is 0.316 e. The number of ether oxygens (including phenoxy) is 1. The fraction of sp³-hybridized carbons (Fsp3) is 0.375. The molecule has 1 aromatic carbocycles. The second-order valence-electron chi connectivity index (χ2n) is 5.40. The SMILES string of the molecule is CCOC(=O)CSc1nnc(NC(=O)CCS(=O)(=O)c2ccc(C)cc2)s1. The van der Waals surface area contributed by atoms with Gasteiger partial charge in [-0.3, -0.25) is 9.59 Å². The number of carbonyl (C=O) groups is 2. The normalized spacial score (nSPS) is 11.2. The number of anilines is 1. The van der Waals surface area contributed by atoms with Crippen LogP contribution >= 0.6 is 23.1 Å². The summed E-state index contributed by atoms with van der Waals surface area (Å²) in [6.45, 7) is 3.90. The maximum atomic E-state index is 12.3. The minimum atomic E-state index is -3.53. The molecule has 0 saturated carbocycles. The molecule has 1 N–H and O–H groups in total. The number of aromatic nitrogens is 2. The van der Waals surface area contributed by atoms with Crippen molar-refractivity contribution in [3.05, 3.63) is 29.8 Å². The average molecular weight is 430 g/mol. The van der Waals surface area contributed by atoms with Gasteiger partial charge in [0.25, 0.3) is 0 Å². The number of hydrogen-bond donors (Lipinski definition) is 1. The highest BCUT2D eigenvalue weighted by Gasteiger charge is 2.17. The van der Waals surface area contributed by atoms with E-state index in [-0.39, 0.29) is 33.9 Å². The summed E-state index contributed by atoms with van der Waals surface area (Å²) in [6.07, 6.45) is -0.193. The first-order valence-corrected chi connectivity index (χ1v) is 11.5. The van der Waals surface area contributed by atoms with E-state index in [1.165, 1.54) is 12.1 Å². The Morgan fingerprint density at radius 2 is 1.93 bits per heavy atom. The van der Waals surface area contributed by atoms with E-state index in [1.54, 1.807) is 19.1 Å². The lowest BCUT2D eigenvalue weighted by atomic mass is 10.2. The maximum absolute atomic E-state index is 12.3. The molecule has 0 saturated heterocycles. The number of nitrogens with zero attached hydrogens (tertiary/aromatic N) is 2. The Hall–Kier alpha value is -1.98. The smallest absolute Gasteiger partial charge is 0.316 e. The number of nitrogens with one attached hydrogen (secondary N) is 1. The molecule has 0 atom stereocenters. The van der Waals surface area contributed by atoms with Crippen LogP contribution in [0.25, 0.3) is 0 Å². The molecule has 1 heterocycles. The highest BCUT2D eigenvalue weighted by molar-refractivity contribution is 8.01. The highest BCUT2D eigenvalue weighted by atomic mass is 32.2. The van der Waals surface area contributed by atoms with Gasteiger partial charge in [0.05, 0.1) is 23.0 Å². The molecule has 2 aromatic rings. The molecule has 8 nitrogen and oxygen atoms in total. The van der Waals surface area contributed by atoms with Crippen molar-refractivity contribution in [1.29, 1.82) is 0 Å². The number of carbonyl (C=O) groups excluding carboxylic acids is 2. The van der Waals surface area contributed by atoms with Crippen LogP contribution in [0.15, 0.2) is 33.5 Å². The number of amides is 1. The van der Waals surface area contributed by atoms with Gasteiger partial charge in [-0.2, -0.15) is 0 Å². The van der Waals surface area contributed by atoms with E-state index in [0.29, 0.717) is 10.9 Å². The number of esters is 1. The lowest BCUT2D eigenvalue weighted by molar-refractivity contribution is -0.139. The predicted molar refractivity (Wildman–Crippen MR) is 104 cm³/mol. The summed E-state index contributed by atoms with van der Waals surface area (Å²) >= 11 is 2.26. The van der Waals surface area contributed by atoms with E-state index in [9.17, 15) is 18.0 Å². The molecule has 0 spiro atoms. The molecule has 0 aliphatic carbocycles. The van der Waals surface area contributed by atoms with Gasteiger partial charge >= 0.3 is 5.97 Å². The Balaban J connectivity index is 1.83. The summed E-state index contributed by atoms with van der Waals surface area (Å²) in [5.74, 6) is -1.02. The number of rotatable bonds is 9. The molecule has 0 aliphatic heterocycles. The van der Waals surface area contributed by atoms with Gasteiger partial charge < -0.3 is 10.1 Å². The van der Waals surface area contributed by atoms with Crippen molar-refractivity contribution in [2.45, 2.75) is 29.5 Å².